The number of hydrogen-bond acceptors (Lipinski definition) is 5. The number of likely N-dealkylation sites (N-methyl/N-ethyl adjacent to an activating group) is 1. The van der Waals surface area contributed by atoms with E-state index in [2.05, 4.69) is 0 Å². The van der Waals surface area contributed by atoms with Crippen molar-refractivity contribution in [3.8, 4) is 0 Å². The van der Waals surface area contributed by atoms with Gasteiger partial charge in [-0.25, -0.2) is 0 Å². The molecule has 0 saturated carbocycles. The second kappa shape index (κ2) is 5.60. The van der Waals surface area contributed by atoms with Gasteiger partial charge >= 0.3 is 5.00 Å². The highest BCUT2D eigenvalue weighted by molar-refractivity contribution is 7.19. The van der Waals surface area contributed by atoms with Crippen LogP contribution in [0.25, 0.3) is 0 Å². The van der Waals surface area contributed by atoms with Crippen LogP contribution in [0, 0.1) is 10.1 Å². The van der Waals surface area contributed by atoms with Crippen molar-refractivity contribution in [2.24, 2.45) is 0 Å². The summed E-state index contributed by atoms with van der Waals surface area (Å²) in [7, 11) is 1.81. The lowest BCUT2D eigenvalue weighted by Crippen LogP contribution is -2.36. The van der Waals surface area contributed by atoms with Gasteiger partial charge in [-0.3, -0.25) is 10.1 Å². The Hall–Kier alpha value is -1.92. The van der Waals surface area contributed by atoms with E-state index in [0.29, 0.717) is 6.54 Å². The fourth-order valence-electron chi connectivity index (χ4n) is 2.05. The minimum absolute atomic E-state index is 0.103. The van der Waals surface area contributed by atoms with Gasteiger partial charge in [-0.15, -0.1) is 0 Å². The second-order valence-electron chi connectivity index (χ2n) is 4.86. The number of hydrogen-bond donors (Lipinski definition) is 1. The third kappa shape index (κ3) is 3.15. The quantitative estimate of drug-likeness (QED) is 0.679. The molecule has 20 heavy (non-hydrogen) atoms. The number of thiophene rings is 1. The van der Waals surface area contributed by atoms with Crippen LogP contribution in [0.3, 0.4) is 0 Å². The molecule has 6 heteroatoms. The monoisotopic (exact) mass is 292 g/mol. The van der Waals surface area contributed by atoms with Crippen LogP contribution in [-0.2, 0) is 5.60 Å². The molecule has 1 aromatic carbocycles. The van der Waals surface area contributed by atoms with Crippen LogP contribution in [0.4, 0.5) is 10.0 Å². The van der Waals surface area contributed by atoms with E-state index < -0.39 is 10.5 Å². The molecule has 0 bridgehead atoms. The van der Waals surface area contributed by atoms with E-state index in [1.165, 1.54) is 6.07 Å². The molecule has 0 radical (unpaired) electrons. The lowest BCUT2D eigenvalue weighted by molar-refractivity contribution is -0.380. The Labute approximate surface area is 121 Å². The van der Waals surface area contributed by atoms with E-state index in [4.69, 9.17) is 0 Å². The van der Waals surface area contributed by atoms with Crippen molar-refractivity contribution in [3.63, 3.8) is 0 Å². The molecule has 1 atom stereocenters. The van der Waals surface area contributed by atoms with E-state index in [9.17, 15) is 15.2 Å². The zero-order valence-corrected chi connectivity index (χ0v) is 12.1. The van der Waals surface area contributed by atoms with Gasteiger partial charge in [0.1, 0.15) is 5.60 Å². The van der Waals surface area contributed by atoms with E-state index in [-0.39, 0.29) is 5.00 Å². The van der Waals surface area contributed by atoms with E-state index in [1.54, 1.807) is 13.0 Å². The lowest BCUT2D eigenvalue weighted by Gasteiger charge is -2.29. The topological polar surface area (TPSA) is 66.6 Å². The molecule has 0 aliphatic heterocycles. The van der Waals surface area contributed by atoms with Gasteiger partial charge in [0.15, 0.2) is 0 Å². The summed E-state index contributed by atoms with van der Waals surface area (Å²) in [5.74, 6) is 0. The molecule has 106 valence electrons. The van der Waals surface area contributed by atoms with Crippen molar-refractivity contribution < 1.29 is 10.0 Å². The average Bonchev–Trinajstić information content (AvgIpc) is 2.89. The van der Waals surface area contributed by atoms with E-state index >= 15 is 0 Å². The molecule has 2 aromatic rings. The molecule has 0 amide bonds. The van der Waals surface area contributed by atoms with Crippen LogP contribution in [0.15, 0.2) is 42.5 Å². The van der Waals surface area contributed by atoms with Crippen LogP contribution in [0.1, 0.15) is 12.5 Å². The first kappa shape index (κ1) is 14.5. The molecule has 0 spiro atoms. The summed E-state index contributed by atoms with van der Waals surface area (Å²) in [6.45, 7) is 2.09. The van der Waals surface area contributed by atoms with Crippen LogP contribution in [0.2, 0.25) is 0 Å². The van der Waals surface area contributed by atoms with Gasteiger partial charge in [0.05, 0.1) is 16.5 Å². The van der Waals surface area contributed by atoms with E-state index in [0.717, 1.165) is 21.9 Å². The number of anilines is 1. The molecule has 1 aromatic heterocycles. The molecule has 0 aliphatic rings. The molecular formula is C14H16N2O3S. The zero-order chi connectivity index (χ0) is 14.8. The summed E-state index contributed by atoms with van der Waals surface area (Å²) >= 11 is 1.10. The van der Waals surface area contributed by atoms with Gasteiger partial charge in [0.25, 0.3) is 0 Å². The normalized spacial score (nSPS) is 13.8. The molecule has 0 saturated heterocycles. The second-order valence-corrected chi connectivity index (χ2v) is 5.91. The fourth-order valence-corrected chi connectivity index (χ4v) is 2.83. The third-order valence-corrected chi connectivity index (χ3v) is 4.23. The number of nitro groups is 1. The summed E-state index contributed by atoms with van der Waals surface area (Å²) in [4.78, 5) is 12.1. The molecule has 2 rings (SSSR count). The number of nitrogens with zero attached hydrogens (tertiary/aromatic N) is 2. The summed E-state index contributed by atoms with van der Waals surface area (Å²) in [6, 6.07) is 12.6. The first-order chi connectivity index (χ1) is 9.40. The minimum atomic E-state index is -1.02. The Morgan fingerprint density at radius 3 is 2.50 bits per heavy atom. The lowest BCUT2D eigenvalue weighted by atomic mass is 9.96. The fraction of sp³-hybridized carbons (Fsp3) is 0.286. The summed E-state index contributed by atoms with van der Waals surface area (Å²) in [5.41, 5.74) is -0.202. The Balaban J connectivity index is 2.14. The number of rotatable bonds is 5. The van der Waals surface area contributed by atoms with Gasteiger partial charge in [0.2, 0.25) is 0 Å². The predicted molar refractivity (Wildman–Crippen MR) is 80.3 cm³/mol. The number of benzene rings is 1. The van der Waals surface area contributed by atoms with Gasteiger partial charge in [-0.2, -0.15) is 0 Å². The van der Waals surface area contributed by atoms with Gasteiger partial charge < -0.3 is 10.0 Å². The maximum absolute atomic E-state index is 10.7. The van der Waals surface area contributed by atoms with Crippen molar-refractivity contribution in [3.05, 3.63) is 58.1 Å². The minimum Gasteiger partial charge on any atom is -0.384 e. The average molecular weight is 292 g/mol. The molecule has 1 unspecified atom stereocenters. The van der Waals surface area contributed by atoms with Crippen LogP contribution in [0.5, 0.6) is 0 Å². The standard InChI is InChI=1S/C14H16N2O3S/c1-14(17,11-6-4-3-5-7-11)10-15(2)12-8-9-13(20-12)16(18)19/h3-9,17H,10H2,1-2H3. The van der Waals surface area contributed by atoms with Gasteiger partial charge in [-0.05, 0) is 29.9 Å². The van der Waals surface area contributed by atoms with Gasteiger partial charge in [-0.1, -0.05) is 30.3 Å². The highest BCUT2D eigenvalue weighted by atomic mass is 32.1. The summed E-state index contributed by atoms with van der Waals surface area (Å²) in [6.07, 6.45) is 0. The van der Waals surface area contributed by atoms with Crippen molar-refractivity contribution in [2.75, 3.05) is 18.5 Å². The van der Waals surface area contributed by atoms with Crippen LogP contribution >= 0.6 is 11.3 Å². The first-order valence-electron chi connectivity index (χ1n) is 6.13. The van der Waals surface area contributed by atoms with Crippen molar-refractivity contribution in [2.45, 2.75) is 12.5 Å². The molecular weight excluding hydrogens is 276 g/mol. The predicted octanol–water partition coefficient (Wildman–Crippen LogP) is 3.00. The van der Waals surface area contributed by atoms with Crippen LogP contribution < -0.4 is 4.90 Å². The SMILES string of the molecule is CN(CC(C)(O)c1ccccc1)c1ccc([N+](=O)[O-])s1. The smallest absolute Gasteiger partial charge is 0.326 e. The molecule has 1 N–H and O–H groups in total. The van der Waals surface area contributed by atoms with Crippen LogP contribution in [-0.4, -0.2) is 23.6 Å². The summed E-state index contributed by atoms with van der Waals surface area (Å²) < 4.78 is 0. The Morgan fingerprint density at radius 2 is 1.95 bits per heavy atom. The van der Waals surface area contributed by atoms with Crippen molar-refractivity contribution in [1.82, 2.24) is 0 Å². The highest BCUT2D eigenvalue weighted by Crippen LogP contribution is 2.32. The van der Waals surface area contributed by atoms with Crippen molar-refractivity contribution in [1.29, 1.82) is 0 Å². The van der Waals surface area contributed by atoms with Crippen molar-refractivity contribution >= 4 is 21.3 Å². The Bertz CT molecular complexity index is 595. The maximum Gasteiger partial charge on any atom is 0.326 e. The molecule has 5 nitrogen and oxygen atoms in total. The largest absolute Gasteiger partial charge is 0.384 e. The van der Waals surface area contributed by atoms with Gasteiger partial charge in [0, 0.05) is 13.1 Å². The van der Waals surface area contributed by atoms with E-state index in [1.807, 2.05) is 42.3 Å². The third-order valence-electron chi connectivity index (χ3n) is 3.07. The zero-order valence-electron chi connectivity index (χ0n) is 11.3. The molecule has 0 aliphatic carbocycles. The maximum atomic E-state index is 10.7. The Morgan fingerprint density at radius 1 is 1.30 bits per heavy atom. The highest BCUT2D eigenvalue weighted by Gasteiger charge is 2.26. The molecule has 1 heterocycles. The summed E-state index contributed by atoms with van der Waals surface area (Å²) in [5, 5.41) is 22.1. The molecule has 0 fully saturated rings. The Kier molecular flexibility index (Phi) is 4.06. The first-order valence-corrected chi connectivity index (χ1v) is 6.95. The number of aliphatic hydroxyl groups is 1.